The lowest BCUT2D eigenvalue weighted by Gasteiger charge is -2.21. The zero-order chi connectivity index (χ0) is 14.4. The molecule has 0 spiro atoms. The second-order valence-electron chi connectivity index (χ2n) is 5.01. The molecule has 0 unspecified atom stereocenters. The highest BCUT2D eigenvalue weighted by Crippen LogP contribution is 2.17. The Balaban J connectivity index is 0.00000220. The molecule has 3 N–H and O–H groups in total. The summed E-state index contributed by atoms with van der Waals surface area (Å²) in [5.74, 6) is 0.0841. The Kier molecular flexibility index (Phi) is 7.19. The fourth-order valence-electron chi connectivity index (χ4n) is 2.21. The first kappa shape index (κ1) is 17.5. The van der Waals surface area contributed by atoms with E-state index in [1.165, 1.54) is 0 Å². The minimum Gasteiger partial charge on any atom is -0.326 e. The highest BCUT2D eigenvalue weighted by atomic mass is 35.5. The number of carbonyl (C=O) groups excluding carboxylic acids is 2. The molecule has 1 aromatic rings. The van der Waals surface area contributed by atoms with Gasteiger partial charge >= 0.3 is 0 Å². The molecule has 1 aromatic carbocycles. The fraction of sp³-hybridized carbons (Fsp3) is 0.467. The van der Waals surface area contributed by atoms with E-state index in [0.29, 0.717) is 6.42 Å². The predicted molar refractivity (Wildman–Crippen MR) is 86.8 cm³/mol. The van der Waals surface area contributed by atoms with Crippen LogP contribution in [-0.4, -0.2) is 24.9 Å². The molecule has 0 bridgehead atoms. The summed E-state index contributed by atoms with van der Waals surface area (Å²) < 4.78 is 0. The van der Waals surface area contributed by atoms with Gasteiger partial charge in [-0.25, -0.2) is 0 Å². The van der Waals surface area contributed by atoms with Crippen LogP contribution in [0.1, 0.15) is 26.2 Å². The standard InChI is InChI=1S/C15H21N3O2.ClH/c1-2-14(19)17-12-5-7-13(8-6-12)18-15(20)11-4-3-9-16-10-11;/h5-8,11,16H,2-4,9-10H2,1H3,(H,17,19)(H,18,20);1H/t11-;/m1./s1. The van der Waals surface area contributed by atoms with Gasteiger partial charge in [0.05, 0.1) is 5.92 Å². The van der Waals surface area contributed by atoms with E-state index in [0.717, 1.165) is 37.3 Å². The van der Waals surface area contributed by atoms with Crippen LogP contribution in [0, 0.1) is 5.92 Å². The number of carbonyl (C=O) groups is 2. The van der Waals surface area contributed by atoms with E-state index >= 15 is 0 Å². The second kappa shape index (κ2) is 8.64. The Hall–Kier alpha value is -1.59. The zero-order valence-electron chi connectivity index (χ0n) is 12.1. The third-order valence-electron chi connectivity index (χ3n) is 3.42. The number of hydrogen-bond acceptors (Lipinski definition) is 3. The average Bonchev–Trinajstić information content (AvgIpc) is 2.50. The summed E-state index contributed by atoms with van der Waals surface area (Å²) in [5, 5.41) is 8.92. The molecule has 116 valence electrons. The van der Waals surface area contributed by atoms with E-state index in [1.54, 1.807) is 24.3 Å². The Morgan fingerprint density at radius 3 is 2.33 bits per heavy atom. The molecule has 1 heterocycles. The Morgan fingerprint density at radius 2 is 1.81 bits per heavy atom. The van der Waals surface area contributed by atoms with Crippen LogP contribution in [0.4, 0.5) is 11.4 Å². The molecule has 21 heavy (non-hydrogen) atoms. The summed E-state index contributed by atoms with van der Waals surface area (Å²) in [6, 6.07) is 7.20. The molecule has 1 fully saturated rings. The van der Waals surface area contributed by atoms with Crippen molar-refractivity contribution in [2.45, 2.75) is 26.2 Å². The Bertz CT molecular complexity index is 470. The summed E-state index contributed by atoms with van der Waals surface area (Å²) in [6.07, 6.45) is 2.43. The molecule has 1 saturated heterocycles. The van der Waals surface area contributed by atoms with Crippen LogP contribution in [0.3, 0.4) is 0 Å². The van der Waals surface area contributed by atoms with Crippen LogP contribution in [0.25, 0.3) is 0 Å². The van der Waals surface area contributed by atoms with E-state index in [4.69, 9.17) is 0 Å². The third kappa shape index (κ3) is 5.36. The minimum absolute atomic E-state index is 0. The summed E-state index contributed by atoms with van der Waals surface area (Å²) >= 11 is 0. The molecule has 5 nitrogen and oxygen atoms in total. The van der Waals surface area contributed by atoms with Crippen LogP contribution < -0.4 is 16.0 Å². The van der Waals surface area contributed by atoms with Crippen molar-refractivity contribution in [3.05, 3.63) is 24.3 Å². The molecule has 2 rings (SSSR count). The maximum absolute atomic E-state index is 12.1. The van der Waals surface area contributed by atoms with Crippen molar-refractivity contribution in [2.75, 3.05) is 23.7 Å². The lowest BCUT2D eigenvalue weighted by atomic mass is 9.99. The van der Waals surface area contributed by atoms with Gasteiger partial charge in [-0.05, 0) is 43.7 Å². The summed E-state index contributed by atoms with van der Waals surface area (Å²) in [7, 11) is 0. The molecule has 6 heteroatoms. The maximum Gasteiger partial charge on any atom is 0.228 e. The summed E-state index contributed by atoms with van der Waals surface area (Å²) in [4.78, 5) is 23.3. The monoisotopic (exact) mass is 311 g/mol. The Morgan fingerprint density at radius 1 is 1.19 bits per heavy atom. The third-order valence-corrected chi connectivity index (χ3v) is 3.42. The van der Waals surface area contributed by atoms with Crippen LogP contribution >= 0.6 is 12.4 Å². The van der Waals surface area contributed by atoms with Gasteiger partial charge in [0, 0.05) is 24.3 Å². The number of anilines is 2. The van der Waals surface area contributed by atoms with Crippen molar-refractivity contribution in [3.63, 3.8) is 0 Å². The first-order valence-electron chi connectivity index (χ1n) is 7.10. The van der Waals surface area contributed by atoms with Crippen molar-refractivity contribution >= 4 is 35.6 Å². The van der Waals surface area contributed by atoms with Gasteiger partial charge in [-0.1, -0.05) is 6.92 Å². The van der Waals surface area contributed by atoms with Gasteiger partial charge in [0.15, 0.2) is 0 Å². The number of amides is 2. The largest absolute Gasteiger partial charge is 0.326 e. The van der Waals surface area contributed by atoms with Gasteiger partial charge in [-0.3, -0.25) is 9.59 Å². The number of nitrogens with one attached hydrogen (secondary N) is 3. The van der Waals surface area contributed by atoms with Crippen LogP contribution in [0.15, 0.2) is 24.3 Å². The van der Waals surface area contributed by atoms with Gasteiger partial charge in [0.2, 0.25) is 11.8 Å². The van der Waals surface area contributed by atoms with Gasteiger partial charge in [0.25, 0.3) is 0 Å². The number of hydrogen-bond donors (Lipinski definition) is 3. The summed E-state index contributed by atoms with van der Waals surface area (Å²) in [6.45, 7) is 3.55. The molecular weight excluding hydrogens is 290 g/mol. The lowest BCUT2D eigenvalue weighted by Crippen LogP contribution is -2.37. The van der Waals surface area contributed by atoms with Gasteiger partial charge < -0.3 is 16.0 Å². The van der Waals surface area contributed by atoms with Gasteiger partial charge in [-0.15, -0.1) is 12.4 Å². The molecule has 2 amide bonds. The molecule has 1 aliphatic heterocycles. The van der Waals surface area contributed by atoms with Crippen LogP contribution in [0.5, 0.6) is 0 Å². The van der Waals surface area contributed by atoms with E-state index in [1.807, 2.05) is 6.92 Å². The highest BCUT2D eigenvalue weighted by Gasteiger charge is 2.20. The lowest BCUT2D eigenvalue weighted by molar-refractivity contribution is -0.120. The van der Waals surface area contributed by atoms with Crippen molar-refractivity contribution in [1.29, 1.82) is 0 Å². The topological polar surface area (TPSA) is 70.2 Å². The summed E-state index contributed by atoms with van der Waals surface area (Å²) in [5.41, 5.74) is 1.50. The molecule has 0 aromatic heterocycles. The molecule has 1 aliphatic rings. The maximum atomic E-state index is 12.1. The molecule has 1 atom stereocenters. The molecule has 0 aliphatic carbocycles. The Labute approximate surface area is 131 Å². The van der Waals surface area contributed by atoms with Crippen LogP contribution in [-0.2, 0) is 9.59 Å². The van der Waals surface area contributed by atoms with Crippen molar-refractivity contribution in [3.8, 4) is 0 Å². The van der Waals surface area contributed by atoms with Gasteiger partial charge in [-0.2, -0.15) is 0 Å². The van der Waals surface area contributed by atoms with Crippen LogP contribution in [0.2, 0.25) is 0 Å². The van der Waals surface area contributed by atoms with E-state index in [2.05, 4.69) is 16.0 Å². The first-order chi connectivity index (χ1) is 9.69. The average molecular weight is 312 g/mol. The zero-order valence-corrected chi connectivity index (χ0v) is 13.0. The fourth-order valence-corrected chi connectivity index (χ4v) is 2.21. The molecule has 0 radical (unpaired) electrons. The van der Waals surface area contributed by atoms with Crippen molar-refractivity contribution in [2.24, 2.45) is 5.92 Å². The smallest absolute Gasteiger partial charge is 0.228 e. The number of benzene rings is 1. The van der Waals surface area contributed by atoms with Gasteiger partial charge in [0.1, 0.15) is 0 Å². The predicted octanol–water partition coefficient (Wildman–Crippen LogP) is 2.40. The minimum atomic E-state index is -0.0185. The van der Waals surface area contributed by atoms with Crippen molar-refractivity contribution < 1.29 is 9.59 Å². The second-order valence-corrected chi connectivity index (χ2v) is 5.01. The normalized spacial score (nSPS) is 17.5. The highest BCUT2D eigenvalue weighted by molar-refractivity contribution is 5.94. The number of piperidine rings is 1. The van der Waals surface area contributed by atoms with E-state index in [-0.39, 0.29) is 30.1 Å². The first-order valence-corrected chi connectivity index (χ1v) is 7.10. The number of rotatable bonds is 4. The van der Waals surface area contributed by atoms with E-state index < -0.39 is 0 Å². The van der Waals surface area contributed by atoms with Crippen molar-refractivity contribution in [1.82, 2.24) is 5.32 Å². The number of halogens is 1. The molecule has 0 saturated carbocycles. The molecular formula is C15H22ClN3O2. The SMILES string of the molecule is CCC(=O)Nc1ccc(NC(=O)[C@@H]2CCCNC2)cc1.Cl. The van der Waals surface area contributed by atoms with E-state index in [9.17, 15) is 9.59 Å². The quantitative estimate of drug-likeness (QED) is 0.799.